The van der Waals surface area contributed by atoms with Crippen molar-refractivity contribution in [1.29, 1.82) is 0 Å². The molecule has 0 aliphatic rings. The van der Waals surface area contributed by atoms with Gasteiger partial charge in [-0.3, -0.25) is 4.79 Å². The Balaban J connectivity index is 2.22. The second-order valence-corrected chi connectivity index (χ2v) is 6.46. The van der Waals surface area contributed by atoms with Crippen LogP contribution >= 0.6 is 11.8 Å². The number of nitrogens with zero attached hydrogens (tertiary/aromatic N) is 2. The summed E-state index contributed by atoms with van der Waals surface area (Å²) in [5.41, 5.74) is -0.128. The molecular weight excluding hydrogens is 336 g/mol. The standard InChI is InChI=1S/C14H12F4N2O2S/c1-7(2)23-6-11(21)9-4-3-8(5-10(9)15)12-19-13(22-20-12)14(16,17)18/h3-5,7H,6H2,1-2H3. The lowest BCUT2D eigenvalue weighted by atomic mass is 10.1. The van der Waals surface area contributed by atoms with Crippen molar-refractivity contribution in [1.82, 2.24) is 10.1 Å². The minimum atomic E-state index is -4.77. The molecule has 1 aromatic heterocycles. The molecule has 1 aromatic carbocycles. The van der Waals surface area contributed by atoms with E-state index in [0.29, 0.717) is 0 Å². The molecule has 1 heterocycles. The maximum absolute atomic E-state index is 14.0. The minimum absolute atomic E-state index is 0.00480. The van der Waals surface area contributed by atoms with Gasteiger partial charge in [0, 0.05) is 5.56 Å². The minimum Gasteiger partial charge on any atom is -0.329 e. The number of halogens is 4. The average molecular weight is 348 g/mol. The highest BCUT2D eigenvalue weighted by Crippen LogP contribution is 2.29. The van der Waals surface area contributed by atoms with Crippen LogP contribution in [0.4, 0.5) is 17.6 Å². The predicted molar refractivity (Wildman–Crippen MR) is 76.6 cm³/mol. The van der Waals surface area contributed by atoms with Gasteiger partial charge in [-0.15, -0.1) is 0 Å². The molecule has 124 valence electrons. The first kappa shape index (κ1) is 17.5. The highest BCUT2D eigenvalue weighted by molar-refractivity contribution is 8.00. The van der Waals surface area contributed by atoms with Crippen molar-refractivity contribution in [2.24, 2.45) is 0 Å². The number of Topliss-reactive ketones (excluding diaryl/α,β-unsaturated/α-hetero) is 1. The molecule has 23 heavy (non-hydrogen) atoms. The molecule has 2 rings (SSSR count). The van der Waals surface area contributed by atoms with Crippen LogP contribution in [0.2, 0.25) is 0 Å². The first-order valence-corrected chi connectivity index (χ1v) is 7.59. The lowest BCUT2D eigenvalue weighted by molar-refractivity contribution is -0.159. The number of hydrogen-bond acceptors (Lipinski definition) is 5. The zero-order valence-electron chi connectivity index (χ0n) is 12.1. The normalized spacial score (nSPS) is 12.0. The average Bonchev–Trinajstić information content (AvgIpc) is 2.94. The molecule has 0 unspecified atom stereocenters. The van der Waals surface area contributed by atoms with E-state index < -0.39 is 29.5 Å². The van der Waals surface area contributed by atoms with Gasteiger partial charge in [0.2, 0.25) is 5.82 Å². The third-order valence-electron chi connectivity index (χ3n) is 2.74. The van der Waals surface area contributed by atoms with Crippen molar-refractivity contribution in [3.63, 3.8) is 0 Å². The van der Waals surface area contributed by atoms with Gasteiger partial charge in [-0.05, 0) is 17.4 Å². The van der Waals surface area contributed by atoms with E-state index >= 15 is 0 Å². The van der Waals surface area contributed by atoms with Crippen LogP contribution in [-0.4, -0.2) is 26.9 Å². The summed E-state index contributed by atoms with van der Waals surface area (Å²) >= 11 is 1.37. The SMILES string of the molecule is CC(C)SCC(=O)c1ccc(-c2noc(C(F)(F)F)n2)cc1F. The van der Waals surface area contributed by atoms with E-state index in [9.17, 15) is 22.4 Å². The van der Waals surface area contributed by atoms with Crippen LogP contribution in [-0.2, 0) is 6.18 Å². The monoisotopic (exact) mass is 348 g/mol. The number of hydrogen-bond donors (Lipinski definition) is 0. The largest absolute Gasteiger partial charge is 0.471 e. The Morgan fingerprint density at radius 1 is 1.35 bits per heavy atom. The second-order valence-electron chi connectivity index (χ2n) is 4.90. The van der Waals surface area contributed by atoms with Crippen LogP contribution in [0.25, 0.3) is 11.4 Å². The summed E-state index contributed by atoms with van der Waals surface area (Å²) in [5, 5.41) is 3.39. The molecule has 0 aliphatic carbocycles. The van der Waals surface area contributed by atoms with Crippen molar-refractivity contribution < 1.29 is 26.9 Å². The van der Waals surface area contributed by atoms with Gasteiger partial charge in [0.25, 0.3) is 0 Å². The van der Waals surface area contributed by atoms with E-state index in [1.165, 1.54) is 23.9 Å². The number of alkyl halides is 3. The number of carbonyl (C=O) groups excluding carboxylic acids is 1. The predicted octanol–water partition coefficient (Wildman–Crippen LogP) is 4.22. The zero-order chi connectivity index (χ0) is 17.2. The number of thioether (sulfide) groups is 1. The molecule has 9 heteroatoms. The Morgan fingerprint density at radius 3 is 2.57 bits per heavy atom. The summed E-state index contributed by atoms with van der Waals surface area (Å²) in [7, 11) is 0. The van der Waals surface area contributed by atoms with E-state index in [4.69, 9.17) is 0 Å². The summed E-state index contributed by atoms with van der Waals surface area (Å²) in [6.45, 7) is 3.82. The van der Waals surface area contributed by atoms with Crippen molar-refractivity contribution >= 4 is 17.5 Å². The molecule has 0 fully saturated rings. The van der Waals surface area contributed by atoms with E-state index in [0.717, 1.165) is 6.07 Å². The first-order valence-electron chi connectivity index (χ1n) is 6.54. The van der Waals surface area contributed by atoms with Gasteiger partial charge in [0.1, 0.15) is 5.82 Å². The number of rotatable bonds is 5. The van der Waals surface area contributed by atoms with E-state index in [-0.39, 0.29) is 22.1 Å². The molecule has 0 atom stereocenters. The lowest BCUT2D eigenvalue weighted by Crippen LogP contribution is -2.07. The summed E-state index contributed by atoms with van der Waals surface area (Å²) in [4.78, 5) is 15.1. The van der Waals surface area contributed by atoms with Crippen molar-refractivity contribution in [3.05, 3.63) is 35.5 Å². The third-order valence-corrected chi connectivity index (χ3v) is 3.84. The van der Waals surface area contributed by atoms with E-state index in [1.807, 2.05) is 13.8 Å². The summed E-state index contributed by atoms with van der Waals surface area (Å²) in [5.74, 6) is -3.02. The lowest BCUT2D eigenvalue weighted by Gasteiger charge is -2.06. The molecule has 0 aliphatic heterocycles. The Bertz CT molecular complexity index is 713. The Labute approximate surface area is 133 Å². The zero-order valence-corrected chi connectivity index (χ0v) is 13.0. The maximum atomic E-state index is 14.0. The van der Waals surface area contributed by atoms with Crippen molar-refractivity contribution in [3.8, 4) is 11.4 Å². The summed E-state index contributed by atoms with van der Waals surface area (Å²) in [6.07, 6.45) is -4.77. The van der Waals surface area contributed by atoms with Gasteiger partial charge in [-0.1, -0.05) is 25.1 Å². The highest BCUT2D eigenvalue weighted by atomic mass is 32.2. The fraction of sp³-hybridized carbons (Fsp3) is 0.357. The Hall–Kier alpha value is -1.90. The van der Waals surface area contributed by atoms with Gasteiger partial charge in [-0.25, -0.2) is 4.39 Å². The molecule has 0 spiro atoms. The smallest absolute Gasteiger partial charge is 0.329 e. The number of benzene rings is 1. The molecule has 0 bridgehead atoms. The number of carbonyl (C=O) groups is 1. The van der Waals surface area contributed by atoms with Crippen LogP contribution in [0.1, 0.15) is 30.1 Å². The molecule has 4 nitrogen and oxygen atoms in total. The van der Waals surface area contributed by atoms with Gasteiger partial charge < -0.3 is 4.52 Å². The van der Waals surface area contributed by atoms with Crippen molar-refractivity contribution in [2.75, 3.05) is 5.75 Å². The van der Waals surface area contributed by atoms with Crippen LogP contribution in [0, 0.1) is 5.82 Å². The fourth-order valence-electron chi connectivity index (χ4n) is 1.66. The Kier molecular flexibility index (Phi) is 5.08. The number of ketones is 1. The molecule has 0 N–H and O–H groups in total. The molecule has 2 aromatic rings. The molecule has 0 saturated heterocycles. The van der Waals surface area contributed by atoms with Gasteiger partial charge in [-0.2, -0.15) is 29.9 Å². The Morgan fingerprint density at radius 2 is 2.04 bits per heavy atom. The molecule has 0 saturated carbocycles. The van der Waals surface area contributed by atoms with Gasteiger partial charge in [0.15, 0.2) is 5.78 Å². The van der Waals surface area contributed by atoms with E-state index in [2.05, 4.69) is 14.7 Å². The molecule has 0 amide bonds. The first-order chi connectivity index (χ1) is 10.7. The van der Waals surface area contributed by atoms with Crippen LogP contribution in [0.15, 0.2) is 22.7 Å². The van der Waals surface area contributed by atoms with Crippen LogP contribution < -0.4 is 0 Å². The summed E-state index contributed by atoms with van der Waals surface area (Å²) in [6, 6.07) is 3.40. The number of aromatic nitrogens is 2. The van der Waals surface area contributed by atoms with Gasteiger partial charge in [0.05, 0.1) is 11.3 Å². The van der Waals surface area contributed by atoms with Crippen LogP contribution in [0.5, 0.6) is 0 Å². The van der Waals surface area contributed by atoms with Crippen LogP contribution in [0.3, 0.4) is 0 Å². The highest BCUT2D eigenvalue weighted by Gasteiger charge is 2.38. The molecular formula is C14H12F4N2O2S. The molecule has 0 radical (unpaired) electrons. The summed E-state index contributed by atoms with van der Waals surface area (Å²) < 4.78 is 55.3. The quantitative estimate of drug-likeness (QED) is 0.598. The van der Waals surface area contributed by atoms with Crippen molar-refractivity contribution in [2.45, 2.75) is 25.3 Å². The topological polar surface area (TPSA) is 56.0 Å². The van der Waals surface area contributed by atoms with E-state index in [1.54, 1.807) is 0 Å². The third kappa shape index (κ3) is 4.31. The second kappa shape index (κ2) is 6.69. The fourth-order valence-corrected chi connectivity index (χ4v) is 2.30. The van der Waals surface area contributed by atoms with Gasteiger partial charge >= 0.3 is 12.1 Å². The maximum Gasteiger partial charge on any atom is 0.471 e.